The number of rotatable bonds is 4. The van der Waals surface area contributed by atoms with Crippen LogP contribution in [0.2, 0.25) is 0 Å². The van der Waals surface area contributed by atoms with Gasteiger partial charge in [-0.3, -0.25) is 9.78 Å². The van der Waals surface area contributed by atoms with Crippen molar-refractivity contribution in [2.24, 2.45) is 0 Å². The number of carbonyl (C=O) groups excluding carboxylic acids is 1. The minimum Gasteiger partial charge on any atom is -0.375 e. The van der Waals surface area contributed by atoms with Crippen molar-refractivity contribution in [1.82, 2.24) is 4.98 Å². The molecule has 1 atom stereocenters. The number of carbonyl (C=O) groups is 1. The Balaban J connectivity index is 3.16. The third-order valence-corrected chi connectivity index (χ3v) is 2.40. The standard InChI is InChI=1S/C11H12F3NO2/c1-2-8(16)7-10(17,11(12,13)14)9-5-3-4-6-15-9/h3-6,17H,2,7H2,1H3/t10-/m1/s1. The van der Waals surface area contributed by atoms with Gasteiger partial charge in [0.1, 0.15) is 5.78 Å². The largest absolute Gasteiger partial charge is 0.423 e. The van der Waals surface area contributed by atoms with Crippen LogP contribution in [0.4, 0.5) is 13.2 Å². The lowest BCUT2D eigenvalue weighted by Gasteiger charge is -2.29. The van der Waals surface area contributed by atoms with E-state index in [-0.39, 0.29) is 6.42 Å². The summed E-state index contributed by atoms with van der Waals surface area (Å²) in [7, 11) is 0. The van der Waals surface area contributed by atoms with Gasteiger partial charge in [-0.15, -0.1) is 0 Å². The van der Waals surface area contributed by atoms with Crippen molar-refractivity contribution >= 4 is 5.78 Å². The predicted octanol–water partition coefficient (Wildman–Crippen LogP) is 2.20. The molecule has 94 valence electrons. The summed E-state index contributed by atoms with van der Waals surface area (Å²) in [4.78, 5) is 14.6. The molecule has 0 aromatic carbocycles. The molecule has 0 aliphatic rings. The fourth-order valence-electron chi connectivity index (χ4n) is 1.35. The Kier molecular flexibility index (Phi) is 3.87. The van der Waals surface area contributed by atoms with Crippen molar-refractivity contribution in [3.8, 4) is 0 Å². The van der Waals surface area contributed by atoms with Gasteiger partial charge in [0.25, 0.3) is 0 Å². The fraction of sp³-hybridized carbons (Fsp3) is 0.455. The predicted molar refractivity (Wildman–Crippen MR) is 54.1 cm³/mol. The summed E-state index contributed by atoms with van der Waals surface area (Å²) in [6.07, 6.45) is -4.87. The van der Waals surface area contributed by atoms with E-state index in [9.17, 15) is 23.1 Å². The number of halogens is 3. The van der Waals surface area contributed by atoms with Gasteiger partial charge in [0.05, 0.1) is 5.69 Å². The second kappa shape index (κ2) is 4.83. The number of aliphatic hydroxyl groups is 1. The lowest BCUT2D eigenvalue weighted by Crippen LogP contribution is -2.44. The lowest BCUT2D eigenvalue weighted by molar-refractivity contribution is -0.268. The average molecular weight is 247 g/mol. The molecule has 1 N–H and O–H groups in total. The Morgan fingerprint density at radius 3 is 2.47 bits per heavy atom. The summed E-state index contributed by atoms with van der Waals surface area (Å²) in [6.45, 7) is 1.44. The van der Waals surface area contributed by atoms with Crippen LogP contribution in [0.5, 0.6) is 0 Å². The molecule has 0 unspecified atom stereocenters. The average Bonchev–Trinajstić information content (AvgIpc) is 2.28. The SMILES string of the molecule is CCC(=O)C[C@@](O)(c1ccccn1)C(F)(F)F. The smallest absolute Gasteiger partial charge is 0.375 e. The van der Waals surface area contributed by atoms with Gasteiger partial charge >= 0.3 is 6.18 Å². The second-order valence-corrected chi connectivity index (χ2v) is 3.64. The Bertz CT molecular complexity index is 391. The van der Waals surface area contributed by atoms with Crippen molar-refractivity contribution in [2.45, 2.75) is 31.5 Å². The zero-order chi connectivity index (χ0) is 13.1. The van der Waals surface area contributed by atoms with Gasteiger partial charge in [-0.25, -0.2) is 0 Å². The van der Waals surface area contributed by atoms with Crippen molar-refractivity contribution < 1.29 is 23.1 Å². The van der Waals surface area contributed by atoms with E-state index < -0.39 is 29.7 Å². The molecule has 0 radical (unpaired) electrons. The highest BCUT2D eigenvalue weighted by atomic mass is 19.4. The first kappa shape index (κ1) is 13.6. The minimum atomic E-state index is -4.94. The first-order chi connectivity index (χ1) is 7.81. The maximum Gasteiger partial charge on any atom is 0.423 e. The second-order valence-electron chi connectivity index (χ2n) is 3.64. The maximum atomic E-state index is 12.8. The van der Waals surface area contributed by atoms with Crippen LogP contribution < -0.4 is 0 Å². The molecule has 0 saturated heterocycles. The molecular formula is C11H12F3NO2. The molecule has 0 spiro atoms. The van der Waals surface area contributed by atoms with E-state index >= 15 is 0 Å². The van der Waals surface area contributed by atoms with Gasteiger partial charge in [-0.1, -0.05) is 13.0 Å². The van der Waals surface area contributed by atoms with E-state index in [1.54, 1.807) is 0 Å². The van der Waals surface area contributed by atoms with E-state index in [1.165, 1.54) is 19.1 Å². The zero-order valence-electron chi connectivity index (χ0n) is 9.16. The number of ketones is 1. The van der Waals surface area contributed by atoms with Crippen molar-refractivity contribution in [1.29, 1.82) is 0 Å². The summed E-state index contributed by atoms with van der Waals surface area (Å²) in [5.41, 5.74) is -3.77. The summed E-state index contributed by atoms with van der Waals surface area (Å²) in [6, 6.07) is 3.81. The van der Waals surface area contributed by atoms with E-state index in [1.807, 2.05) is 0 Å². The van der Waals surface area contributed by atoms with E-state index in [2.05, 4.69) is 4.98 Å². The number of Topliss-reactive ketones (excluding diaryl/α,β-unsaturated/α-hetero) is 1. The Hall–Kier alpha value is -1.43. The fourth-order valence-corrected chi connectivity index (χ4v) is 1.35. The lowest BCUT2D eigenvalue weighted by atomic mass is 9.91. The summed E-state index contributed by atoms with van der Waals surface area (Å²) >= 11 is 0. The number of aromatic nitrogens is 1. The van der Waals surface area contributed by atoms with Gasteiger partial charge in [0.15, 0.2) is 0 Å². The summed E-state index contributed by atoms with van der Waals surface area (Å²) in [5.74, 6) is -0.671. The van der Waals surface area contributed by atoms with Crippen LogP contribution in [0, 0.1) is 0 Å². The number of hydrogen-bond donors (Lipinski definition) is 1. The summed E-state index contributed by atoms with van der Waals surface area (Å²) < 4.78 is 38.5. The molecule has 1 aromatic rings. The normalized spacial score (nSPS) is 15.4. The number of hydrogen-bond acceptors (Lipinski definition) is 3. The highest BCUT2D eigenvalue weighted by Crippen LogP contribution is 2.40. The van der Waals surface area contributed by atoms with Gasteiger partial charge in [0.2, 0.25) is 5.60 Å². The van der Waals surface area contributed by atoms with Gasteiger partial charge in [-0.2, -0.15) is 13.2 Å². The topological polar surface area (TPSA) is 50.2 Å². The van der Waals surface area contributed by atoms with E-state index in [0.29, 0.717) is 0 Å². The molecule has 0 amide bonds. The molecule has 17 heavy (non-hydrogen) atoms. The van der Waals surface area contributed by atoms with Gasteiger partial charge in [-0.05, 0) is 12.1 Å². The Morgan fingerprint density at radius 2 is 2.06 bits per heavy atom. The van der Waals surface area contributed by atoms with Crippen LogP contribution in [0.3, 0.4) is 0 Å². The molecule has 6 heteroatoms. The van der Waals surface area contributed by atoms with Crippen molar-refractivity contribution in [3.05, 3.63) is 30.1 Å². The quantitative estimate of drug-likeness (QED) is 0.887. The van der Waals surface area contributed by atoms with E-state index in [0.717, 1.165) is 12.3 Å². The molecule has 1 aromatic heterocycles. The van der Waals surface area contributed by atoms with Crippen molar-refractivity contribution in [3.63, 3.8) is 0 Å². The first-order valence-electron chi connectivity index (χ1n) is 5.03. The molecule has 3 nitrogen and oxygen atoms in total. The monoisotopic (exact) mass is 247 g/mol. The van der Waals surface area contributed by atoms with Crippen LogP contribution in [-0.2, 0) is 10.4 Å². The molecule has 0 saturated carbocycles. The van der Waals surface area contributed by atoms with Crippen LogP contribution >= 0.6 is 0 Å². The van der Waals surface area contributed by atoms with Gasteiger partial charge < -0.3 is 5.11 Å². The first-order valence-corrected chi connectivity index (χ1v) is 5.03. The maximum absolute atomic E-state index is 12.8. The van der Waals surface area contributed by atoms with Gasteiger partial charge in [0, 0.05) is 19.0 Å². The van der Waals surface area contributed by atoms with Crippen LogP contribution in [0.25, 0.3) is 0 Å². The molecule has 0 aliphatic heterocycles. The van der Waals surface area contributed by atoms with Crippen LogP contribution in [-0.4, -0.2) is 22.1 Å². The van der Waals surface area contributed by atoms with Crippen molar-refractivity contribution in [2.75, 3.05) is 0 Å². The summed E-state index contributed by atoms with van der Waals surface area (Å²) in [5, 5.41) is 9.71. The molecule has 0 aliphatic carbocycles. The Morgan fingerprint density at radius 1 is 1.41 bits per heavy atom. The molecule has 1 heterocycles. The number of nitrogens with zero attached hydrogens (tertiary/aromatic N) is 1. The molecule has 0 bridgehead atoms. The third kappa shape index (κ3) is 2.82. The Labute approximate surface area is 96.3 Å². The number of alkyl halides is 3. The van der Waals surface area contributed by atoms with Crippen LogP contribution in [0.15, 0.2) is 24.4 Å². The zero-order valence-corrected chi connectivity index (χ0v) is 9.16. The number of pyridine rings is 1. The molecule has 1 rings (SSSR count). The van der Waals surface area contributed by atoms with Crippen LogP contribution in [0.1, 0.15) is 25.5 Å². The highest BCUT2D eigenvalue weighted by molar-refractivity contribution is 5.79. The highest BCUT2D eigenvalue weighted by Gasteiger charge is 2.56. The molecule has 0 fully saturated rings. The third-order valence-electron chi connectivity index (χ3n) is 2.40. The molecular weight excluding hydrogens is 235 g/mol. The minimum absolute atomic E-state index is 0.0643. The van der Waals surface area contributed by atoms with E-state index in [4.69, 9.17) is 0 Å².